The lowest BCUT2D eigenvalue weighted by Gasteiger charge is -2.17. The molecule has 6 nitrogen and oxygen atoms in total. The van der Waals surface area contributed by atoms with Crippen molar-refractivity contribution in [2.75, 3.05) is 13.1 Å². The first-order valence-electron chi connectivity index (χ1n) is 10.8. The maximum atomic E-state index is 13.7. The van der Waals surface area contributed by atoms with Crippen LogP contribution in [-0.2, 0) is 26.2 Å². The van der Waals surface area contributed by atoms with Gasteiger partial charge >= 0.3 is 11.9 Å². The SMILES string of the molecule is CC(C)Cn1c(=O)n(C)c(=O)c2c(C(=O)N3CC=CC3)c(Cc3ccccc3C(F)(F)F)sc21. The summed E-state index contributed by atoms with van der Waals surface area (Å²) in [6, 6.07) is 5.20. The van der Waals surface area contributed by atoms with Crippen molar-refractivity contribution in [1.82, 2.24) is 14.0 Å². The Bertz CT molecular complexity index is 1410. The van der Waals surface area contributed by atoms with Crippen molar-refractivity contribution in [1.29, 1.82) is 0 Å². The third-order valence-corrected chi connectivity index (χ3v) is 7.00. The molecule has 0 fully saturated rings. The van der Waals surface area contributed by atoms with Crippen molar-refractivity contribution in [3.63, 3.8) is 0 Å². The van der Waals surface area contributed by atoms with Gasteiger partial charge in [-0.2, -0.15) is 13.2 Å². The van der Waals surface area contributed by atoms with Gasteiger partial charge in [0, 0.05) is 38.0 Å². The van der Waals surface area contributed by atoms with E-state index in [9.17, 15) is 27.6 Å². The number of thiophene rings is 1. The lowest BCUT2D eigenvalue weighted by molar-refractivity contribution is -0.138. The highest BCUT2D eigenvalue weighted by atomic mass is 32.1. The summed E-state index contributed by atoms with van der Waals surface area (Å²) in [5.74, 6) is -0.362. The van der Waals surface area contributed by atoms with Gasteiger partial charge in [0.15, 0.2) is 0 Å². The van der Waals surface area contributed by atoms with E-state index in [4.69, 9.17) is 0 Å². The molecule has 3 heterocycles. The number of fused-ring (bicyclic) bond motifs is 1. The molecule has 0 N–H and O–H groups in total. The molecule has 34 heavy (non-hydrogen) atoms. The second kappa shape index (κ2) is 8.90. The molecule has 0 saturated carbocycles. The van der Waals surface area contributed by atoms with Crippen LogP contribution in [0.3, 0.4) is 0 Å². The van der Waals surface area contributed by atoms with E-state index < -0.39 is 28.9 Å². The van der Waals surface area contributed by atoms with Crippen LogP contribution in [0.15, 0.2) is 46.0 Å². The molecule has 180 valence electrons. The van der Waals surface area contributed by atoms with E-state index in [-0.39, 0.29) is 28.9 Å². The maximum absolute atomic E-state index is 13.7. The Hall–Kier alpha value is -3.14. The first kappa shape index (κ1) is 24.0. The summed E-state index contributed by atoms with van der Waals surface area (Å²) in [7, 11) is 1.35. The second-order valence-electron chi connectivity index (χ2n) is 8.74. The molecule has 2 aromatic heterocycles. The molecule has 0 radical (unpaired) electrons. The number of halogens is 3. The van der Waals surface area contributed by atoms with Gasteiger partial charge in [-0.15, -0.1) is 11.3 Å². The number of hydrogen-bond acceptors (Lipinski definition) is 4. The lowest BCUT2D eigenvalue weighted by atomic mass is 10.0. The molecule has 0 saturated heterocycles. The average Bonchev–Trinajstić information content (AvgIpc) is 3.43. The van der Waals surface area contributed by atoms with Crippen LogP contribution in [0.25, 0.3) is 10.2 Å². The Balaban J connectivity index is 2.01. The largest absolute Gasteiger partial charge is 0.416 e. The first-order valence-corrected chi connectivity index (χ1v) is 11.7. The van der Waals surface area contributed by atoms with Gasteiger partial charge in [0.1, 0.15) is 4.83 Å². The molecule has 0 aliphatic carbocycles. The third-order valence-electron chi connectivity index (χ3n) is 5.78. The predicted octanol–water partition coefficient (Wildman–Crippen LogP) is 4.04. The Kier molecular flexibility index (Phi) is 6.28. The van der Waals surface area contributed by atoms with E-state index in [0.29, 0.717) is 29.3 Å². The van der Waals surface area contributed by atoms with Crippen LogP contribution in [0.5, 0.6) is 0 Å². The molecule has 1 amide bonds. The Morgan fingerprint density at radius 1 is 1.12 bits per heavy atom. The number of carbonyl (C=O) groups is 1. The topological polar surface area (TPSA) is 64.3 Å². The summed E-state index contributed by atoms with van der Waals surface area (Å²) in [6.45, 7) is 4.84. The van der Waals surface area contributed by atoms with E-state index in [1.165, 1.54) is 34.7 Å². The zero-order chi connectivity index (χ0) is 24.8. The summed E-state index contributed by atoms with van der Waals surface area (Å²) >= 11 is 1.05. The van der Waals surface area contributed by atoms with E-state index >= 15 is 0 Å². The lowest BCUT2D eigenvalue weighted by Crippen LogP contribution is -2.39. The van der Waals surface area contributed by atoms with Gasteiger partial charge < -0.3 is 4.90 Å². The molecule has 4 rings (SSSR count). The van der Waals surface area contributed by atoms with Crippen LogP contribution >= 0.6 is 11.3 Å². The smallest absolute Gasteiger partial charge is 0.331 e. The maximum Gasteiger partial charge on any atom is 0.416 e. The molecular formula is C24H24F3N3O3S. The predicted molar refractivity (Wildman–Crippen MR) is 125 cm³/mol. The highest BCUT2D eigenvalue weighted by Gasteiger charge is 2.34. The molecule has 3 aromatic rings. The normalized spacial score (nSPS) is 14.0. The van der Waals surface area contributed by atoms with Crippen LogP contribution in [0, 0.1) is 5.92 Å². The van der Waals surface area contributed by atoms with Crippen molar-refractivity contribution >= 4 is 27.5 Å². The van der Waals surface area contributed by atoms with E-state index in [2.05, 4.69) is 0 Å². The average molecular weight is 492 g/mol. The summed E-state index contributed by atoms with van der Waals surface area (Å²) in [5, 5.41) is 0.0872. The number of benzene rings is 1. The van der Waals surface area contributed by atoms with Crippen LogP contribution < -0.4 is 11.2 Å². The number of amides is 1. The zero-order valence-corrected chi connectivity index (χ0v) is 19.8. The monoisotopic (exact) mass is 491 g/mol. The van der Waals surface area contributed by atoms with E-state index in [1.807, 2.05) is 26.0 Å². The van der Waals surface area contributed by atoms with Gasteiger partial charge in [-0.25, -0.2) is 4.79 Å². The summed E-state index contributed by atoms with van der Waals surface area (Å²) in [4.78, 5) is 41.8. The van der Waals surface area contributed by atoms with Crippen molar-refractivity contribution < 1.29 is 18.0 Å². The molecule has 0 unspecified atom stereocenters. The van der Waals surface area contributed by atoms with Gasteiger partial charge in [0.25, 0.3) is 11.5 Å². The molecule has 1 aliphatic heterocycles. The quantitative estimate of drug-likeness (QED) is 0.506. The summed E-state index contributed by atoms with van der Waals surface area (Å²) in [6.07, 6.45) is -1.11. The number of rotatable bonds is 5. The number of aromatic nitrogens is 2. The fourth-order valence-electron chi connectivity index (χ4n) is 4.18. The Morgan fingerprint density at radius 2 is 1.76 bits per heavy atom. The van der Waals surface area contributed by atoms with Crippen molar-refractivity contribution in [3.05, 3.63) is 78.8 Å². The minimum atomic E-state index is -4.56. The fourth-order valence-corrected chi connectivity index (χ4v) is 5.49. The van der Waals surface area contributed by atoms with Gasteiger partial charge in [-0.05, 0) is 17.5 Å². The number of carbonyl (C=O) groups excluding carboxylic acids is 1. The van der Waals surface area contributed by atoms with Crippen LogP contribution in [-0.4, -0.2) is 33.0 Å². The fraction of sp³-hybridized carbons (Fsp3) is 0.375. The highest BCUT2D eigenvalue weighted by Crippen LogP contribution is 2.36. The number of nitrogens with zero attached hydrogens (tertiary/aromatic N) is 3. The first-order chi connectivity index (χ1) is 16.0. The summed E-state index contributed by atoms with van der Waals surface area (Å²) in [5.41, 5.74) is -1.84. The van der Waals surface area contributed by atoms with Gasteiger partial charge in [-0.1, -0.05) is 44.2 Å². The van der Waals surface area contributed by atoms with Crippen LogP contribution in [0.1, 0.15) is 40.2 Å². The van der Waals surface area contributed by atoms with Crippen molar-refractivity contribution in [2.24, 2.45) is 13.0 Å². The summed E-state index contributed by atoms with van der Waals surface area (Å²) < 4.78 is 43.4. The molecule has 0 spiro atoms. The Labute approximate surface area is 197 Å². The van der Waals surface area contributed by atoms with E-state index in [1.54, 1.807) is 0 Å². The minimum absolute atomic E-state index is 0.00438. The molecule has 0 atom stereocenters. The van der Waals surface area contributed by atoms with Crippen LogP contribution in [0.4, 0.5) is 13.2 Å². The van der Waals surface area contributed by atoms with Gasteiger partial charge in [0.2, 0.25) is 0 Å². The highest BCUT2D eigenvalue weighted by molar-refractivity contribution is 7.19. The van der Waals surface area contributed by atoms with Crippen LogP contribution in [0.2, 0.25) is 0 Å². The van der Waals surface area contributed by atoms with Crippen molar-refractivity contribution in [2.45, 2.75) is 33.0 Å². The molecule has 0 bridgehead atoms. The number of alkyl halides is 3. The molecule has 10 heteroatoms. The number of hydrogen-bond donors (Lipinski definition) is 0. The molecular weight excluding hydrogens is 467 g/mol. The molecule has 1 aliphatic rings. The molecule has 1 aromatic carbocycles. The minimum Gasteiger partial charge on any atom is -0.331 e. The van der Waals surface area contributed by atoms with Gasteiger partial charge in [0.05, 0.1) is 16.5 Å². The van der Waals surface area contributed by atoms with Crippen molar-refractivity contribution in [3.8, 4) is 0 Å². The third kappa shape index (κ3) is 4.22. The Morgan fingerprint density at radius 3 is 2.38 bits per heavy atom. The van der Waals surface area contributed by atoms with Gasteiger partial charge in [-0.3, -0.25) is 18.7 Å². The second-order valence-corrected chi connectivity index (χ2v) is 9.83. The van der Waals surface area contributed by atoms with E-state index in [0.717, 1.165) is 22.0 Å². The zero-order valence-electron chi connectivity index (χ0n) is 19.0. The standard InChI is InChI=1S/C24H24F3N3O3S/c1-14(2)13-30-22-19(20(31)28(3)23(30)33)18(21(32)29-10-6-7-11-29)17(34-22)12-15-8-4-5-9-16(15)24(25,26)27/h4-9,14H,10-13H2,1-3H3.